The minimum Gasteiger partial charge on any atom is -0.461 e. The second kappa shape index (κ2) is 7.25. The Kier molecular flexibility index (Phi) is 5.24. The number of hydrogen-bond donors (Lipinski definition) is 1. The van der Waals surface area contributed by atoms with E-state index in [1.807, 2.05) is 0 Å². The first-order valence-electron chi connectivity index (χ1n) is 8.29. The van der Waals surface area contributed by atoms with Gasteiger partial charge in [-0.05, 0) is 44.2 Å². The molecular formula is C18H16FNO7S2. The molecule has 154 valence electrons. The summed E-state index contributed by atoms with van der Waals surface area (Å²) in [6, 6.07) is 8.24. The molecule has 0 saturated heterocycles. The van der Waals surface area contributed by atoms with Crippen molar-refractivity contribution in [1.29, 1.82) is 0 Å². The number of aromatic nitrogens is 1. The highest BCUT2D eigenvalue weighted by atomic mass is 32.2. The third kappa shape index (κ3) is 3.63. The topological polar surface area (TPSA) is 120 Å². The van der Waals surface area contributed by atoms with Crippen molar-refractivity contribution in [3.8, 4) is 0 Å². The largest absolute Gasteiger partial charge is 0.461 e. The molecule has 1 heterocycles. The van der Waals surface area contributed by atoms with Crippen molar-refractivity contribution in [3.63, 3.8) is 0 Å². The molecule has 1 aromatic heterocycles. The molecule has 3 rings (SSSR count). The molecule has 0 atom stereocenters. The SMILES string of the molecule is CCOC(=O)c1c(S(=O)(=O)O)c2cc(F)ccc2n1S(=O)(=O)c1ccc(C)cc1. The average molecular weight is 441 g/mol. The number of halogens is 1. The van der Waals surface area contributed by atoms with Gasteiger partial charge in [-0.2, -0.15) is 8.42 Å². The number of carbonyl (C=O) groups excluding carboxylic acids is 1. The summed E-state index contributed by atoms with van der Waals surface area (Å²) >= 11 is 0. The van der Waals surface area contributed by atoms with Gasteiger partial charge in [-0.15, -0.1) is 0 Å². The zero-order valence-corrected chi connectivity index (χ0v) is 16.9. The lowest BCUT2D eigenvalue weighted by Gasteiger charge is -2.12. The molecule has 0 unspecified atom stereocenters. The number of esters is 1. The lowest BCUT2D eigenvalue weighted by Crippen LogP contribution is -2.21. The third-order valence-electron chi connectivity index (χ3n) is 4.13. The van der Waals surface area contributed by atoms with Crippen molar-refractivity contribution in [2.24, 2.45) is 0 Å². The van der Waals surface area contributed by atoms with Gasteiger partial charge in [-0.3, -0.25) is 4.55 Å². The summed E-state index contributed by atoms with van der Waals surface area (Å²) < 4.78 is 79.4. The molecule has 11 heteroatoms. The maximum atomic E-state index is 13.8. The fourth-order valence-electron chi connectivity index (χ4n) is 2.91. The molecule has 0 aliphatic rings. The van der Waals surface area contributed by atoms with Crippen LogP contribution in [0.3, 0.4) is 0 Å². The van der Waals surface area contributed by atoms with Gasteiger partial charge in [-0.25, -0.2) is 21.6 Å². The van der Waals surface area contributed by atoms with Crippen LogP contribution in [-0.4, -0.2) is 37.9 Å². The first-order valence-corrected chi connectivity index (χ1v) is 11.2. The van der Waals surface area contributed by atoms with E-state index in [-0.39, 0.29) is 17.0 Å². The third-order valence-corrected chi connectivity index (χ3v) is 6.78. The first-order chi connectivity index (χ1) is 13.5. The highest BCUT2D eigenvalue weighted by Crippen LogP contribution is 2.34. The van der Waals surface area contributed by atoms with Crippen LogP contribution in [0.1, 0.15) is 23.0 Å². The minimum absolute atomic E-state index is 0.190. The second-order valence-corrected chi connectivity index (χ2v) is 9.26. The number of ether oxygens (including phenoxy) is 1. The molecule has 0 saturated carbocycles. The molecule has 3 aromatic rings. The van der Waals surface area contributed by atoms with Crippen LogP contribution in [0.5, 0.6) is 0 Å². The fourth-order valence-corrected chi connectivity index (χ4v) is 5.34. The Bertz CT molecular complexity index is 1320. The highest BCUT2D eigenvalue weighted by molar-refractivity contribution is 7.90. The van der Waals surface area contributed by atoms with Crippen molar-refractivity contribution < 1.29 is 35.3 Å². The predicted octanol–water partition coefficient (Wildman–Crippen LogP) is 2.75. The van der Waals surface area contributed by atoms with Gasteiger partial charge < -0.3 is 4.74 Å². The Morgan fingerprint density at radius 2 is 1.72 bits per heavy atom. The summed E-state index contributed by atoms with van der Waals surface area (Å²) in [7, 11) is -9.63. The molecule has 0 aliphatic heterocycles. The van der Waals surface area contributed by atoms with E-state index >= 15 is 0 Å². The Hall–Kier alpha value is -2.76. The van der Waals surface area contributed by atoms with Crippen LogP contribution in [0.25, 0.3) is 10.9 Å². The molecule has 0 fully saturated rings. The van der Waals surface area contributed by atoms with Crippen LogP contribution < -0.4 is 0 Å². The molecule has 8 nitrogen and oxygen atoms in total. The molecule has 0 amide bonds. The summed E-state index contributed by atoms with van der Waals surface area (Å²) in [4.78, 5) is 11.3. The normalized spacial score (nSPS) is 12.3. The maximum absolute atomic E-state index is 13.8. The molecule has 1 N–H and O–H groups in total. The summed E-state index contributed by atoms with van der Waals surface area (Å²) in [5.74, 6) is -2.19. The van der Waals surface area contributed by atoms with Crippen LogP contribution in [-0.2, 0) is 24.9 Å². The monoisotopic (exact) mass is 441 g/mol. The molecule has 29 heavy (non-hydrogen) atoms. The number of nitrogens with zero attached hydrogens (tertiary/aromatic N) is 1. The van der Waals surface area contributed by atoms with E-state index in [9.17, 15) is 30.6 Å². The molecule has 0 spiro atoms. The van der Waals surface area contributed by atoms with Gasteiger partial charge in [0.25, 0.3) is 20.1 Å². The summed E-state index contributed by atoms with van der Waals surface area (Å²) in [5, 5.41) is -0.466. The summed E-state index contributed by atoms with van der Waals surface area (Å²) in [6.45, 7) is 2.99. The van der Waals surface area contributed by atoms with Gasteiger partial charge >= 0.3 is 5.97 Å². The van der Waals surface area contributed by atoms with E-state index in [4.69, 9.17) is 4.74 Å². The number of carbonyl (C=O) groups is 1. The maximum Gasteiger partial charge on any atom is 0.357 e. The average Bonchev–Trinajstić information content (AvgIpc) is 2.97. The standard InChI is InChI=1S/C18H16FNO7S2/c1-3-27-18(21)16-17(29(24,25)26)14-10-12(19)6-9-15(14)20(16)28(22,23)13-7-4-11(2)5-8-13/h4-10H,3H2,1-2H3,(H,24,25,26). The van der Waals surface area contributed by atoms with Crippen LogP contribution in [0.15, 0.2) is 52.3 Å². The van der Waals surface area contributed by atoms with Crippen LogP contribution in [0, 0.1) is 12.7 Å². The first kappa shape index (κ1) is 21.0. The lowest BCUT2D eigenvalue weighted by molar-refractivity contribution is 0.0513. The Balaban J connectivity index is 2.53. The van der Waals surface area contributed by atoms with Crippen LogP contribution >= 0.6 is 0 Å². The van der Waals surface area contributed by atoms with E-state index in [0.717, 1.165) is 23.8 Å². The van der Waals surface area contributed by atoms with Gasteiger partial charge in [-0.1, -0.05) is 17.7 Å². The number of aryl methyl sites for hydroxylation is 1. The Labute approximate surface area is 166 Å². The summed E-state index contributed by atoms with van der Waals surface area (Å²) in [6.07, 6.45) is 0. The number of hydrogen-bond acceptors (Lipinski definition) is 6. The predicted molar refractivity (Wildman–Crippen MR) is 101 cm³/mol. The molecular weight excluding hydrogens is 425 g/mol. The molecule has 0 bridgehead atoms. The smallest absolute Gasteiger partial charge is 0.357 e. The highest BCUT2D eigenvalue weighted by Gasteiger charge is 2.36. The Morgan fingerprint density at radius 3 is 2.28 bits per heavy atom. The van der Waals surface area contributed by atoms with E-state index in [2.05, 4.69) is 0 Å². The second-order valence-electron chi connectivity index (χ2n) is 6.12. The molecule has 0 aliphatic carbocycles. The van der Waals surface area contributed by atoms with E-state index in [0.29, 0.717) is 3.97 Å². The zero-order valence-electron chi connectivity index (χ0n) is 15.3. The van der Waals surface area contributed by atoms with Gasteiger partial charge in [0.05, 0.1) is 17.0 Å². The molecule has 2 aromatic carbocycles. The van der Waals surface area contributed by atoms with Crippen molar-refractivity contribution in [3.05, 3.63) is 59.5 Å². The van der Waals surface area contributed by atoms with E-state index in [1.165, 1.54) is 31.2 Å². The molecule has 0 radical (unpaired) electrons. The quantitative estimate of drug-likeness (QED) is 0.477. The Morgan fingerprint density at radius 1 is 1.10 bits per heavy atom. The van der Waals surface area contributed by atoms with Gasteiger partial charge in [0, 0.05) is 5.39 Å². The van der Waals surface area contributed by atoms with Gasteiger partial charge in [0.2, 0.25) is 0 Å². The lowest BCUT2D eigenvalue weighted by atomic mass is 10.2. The minimum atomic E-state index is -5.12. The number of fused-ring (bicyclic) bond motifs is 1. The van der Waals surface area contributed by atoms with Crippen LogP contribution in [0.4, 0.5) is 4.39 Å². The summed E-state index contributed by atoms with van der Waals surface area (Å²) in [5.41, 5.74) is -0.467. The van der Waals surface area contributed by atoms with Crippen molar-refractivity contribution in [2.45, 2.75) is 23.6 Å². The van der Waals surface area contributed by atoms with Crippen molar-refractivity contribution >= 4 is 37.0 Å². The zero-order chi connectivity index (χ0) is 21.6. The van der Waals surface area contributed by atoms with Crippen molar-refractivity contribution in [2.75, 3.05) is 6.61 Å². The fraction of sp³-hybridized carbons (Fsp3) is 0.167. The van der Waals surface area contributed by atoms with E-state index < -0.39 is 47.9 Å². The number of benzene rings is 2. The number of rotatable bonds is 5. The van der Waals surface area contributed by atoms with Gasteiger partial charge in [0.1, 0.15) is 10.7 Å². The van der Waals surface area contributed by atoms with Crippen LogP contribution in [0.2, 0.25) is 0 Å². The van der Waals surface area contributed by atoms with Crippen molar-refractivity contribution in [1.82, 2.24) is 3.97 Å². The van der Waals surface area contributed by atoms with Gasteiger partial charge in [0.15, 0.2) is 5.69 Å². The van der Waals surface area contributed by atoms with E-state index in [1.54, 1.807) is 6.92 Å².